The van der Waals surface area contributed by atoms with Crippen LogP contribution >= 0.6 is 0 Å². The second kappa shape index (κ2) is 5.48. The minimum Gasteiger partial charge on any atom is -0.480 e. The van der Waals surface area contributed by atoms with Crippen LogP contribution in [0.2, 0.25) is 0 Å². The number of carbonyl (C=O) groups excluding carboxylic acids is 1. The molecule has 0 aliphatic heterocycles. The zero-order chi connectivity index (χ0) is 13.8. The number of aliphatic carboxylic acids is 1. The topological polar surface area (TPSA) is 91.3 Å². The van der Waals surface area contributed by atoms with Crippen molar-refractivity contribution in [2.24, 2.45) is 5.41 Å². The number of nitrogens with zero attached hydrogens (tertiary/aromatic N) is 1. The highest BCUT2D eigenvalue weighted by molar-refractivity contribution is 5.92. The average Bonchev–Trinajstić information content (AvgIpc) is 2.25. The van der Waals surface area contributed by atoms with Crippen molar-refractivity contribution in [2.45, 2.75) is 26.8 Å². The molecule has 6 heteroatoms. The molecule has 0 bridgehead atoms. The van der Waals surface area contributed by atoms with E-state index in [1.165, 1.54) is 6.20 Å². The Bertz CT molecular complexity index is 426. The molecule has 1 atom stereocenters. The van der Waals surface area contributed by atoms with E-state index in [4.69, 9.17) is 5.11 Å². The lowest BCUT2D eigenvalue weighted by Crippen LogP contribution is -2.50. The van der Waals surface area contributed by atoms with Gasteiger partial charge < -0.3 is 15.7 Å². The Kier molecular flexibility index (Phi) is 4.25. The number of hydrogen-bond donors (Lipinski definition) is 3. The van der Waals surface area contributed by atoms with Gasteiger partial charge in [-0.25, -0.2) is 9.59 Å². The summed E-state index contributed by atoms with van der Waals surface area (Å²) in [6.07, 6.45) is 3.06. The van der Waals surface area contributed by atoms with E-state index in [0.717, 1.165) is 0 Å². The quantitative estimate of drug-likeness (QED) is 0.762. The van der Waals surface area contributed by atoms with E-state index in [9.17, 15) is 9.59 Å². The van der Waals surface area contributed by atoms with Crippen LogP contribution in [-0.2, 0) is 4.79 Å². The number of nitrogens with one attached hydrogen (secondary N) is 2. The number of carboxylic acid groups (broad SMARTS) is 1. The summed E-state index contributed by atoms with van der Waals surface area (Å²) < 4.78 is 0. The zero-order valence-corrected chi connectivity index (χ0v) is 10.6. The third-order valence-corrected chi connectivity index (χ3v) is 2.31. The lowest BCUT2D eigenvalue weighted by molar-refractivity contribution is -0.141. The summed E-state index contributed by atoms with van der Waals surface area (Å²) in [6.45, 7) is 5.24. The molecule has 3 N–H and O–H groups in total. The number of carboxylic acids is 1. The van der Waals surface area contributed by atoms with Crippen LogP contribution in [0.1, 0.15) is 20.8 Å². The maximum Gasteiger partial charge on any atom is 0.326 e. The molecule has 0 aliphatic carbocycles. The van der Waals surface area contributed by atoms with Gasteiger partial charge in [-0.1, -0.05) is 20.8 Å². The maximum atomic E-state index is 11.7. The normalized spacial score (nSPS) is 12.6. The van der Waals surface area contributed by atoms with E-state index in [1.807, 2.05) is 0 Å². The molecule has 0 saturated heterocycles. The van der Waals surface area contributed by atoms with Gasteiger partial charge in [-0.2, -0.15) is 0 Å². The fraction of sp³-hybridized carbons (Fsp3) is 0.417. The van der Waals surface area contributed by atoms with Gasteiger partial charge in [-0.05, 0) is 17.5 Å². The summed E-state index contributed by atoms with van der Waals surface area (Å²) in [7, 11) is 0. The van der Waals surface area contributed by atoms with Gasteiger partial charge in [-0.3, -0.25) is 4.98 Å². The van der Waals surface area contributed by atoms with Crippen molar-refractivity contribution in [3.8, 4) is 0 Å². The summed E-state index contributed by atoms with van der Waals surface area (Å²) in [6, 6.07) is 1.81. The van der Waals surface area contributed by atoms with Gasteiger partial charge in [0.25, 0.3) is 0 Å². The molecule has 1 aromatic heterocycles. The Morgan fingerprint density at radius 1 is 1.39 bits per heavy atom. The van der Waals surface area contributed by atoms with Crippen LogP contribution in [0.5, 0.6) is 0 Å². The molecule has 18 heavy (non-hydrogen) atoms. The van der Waals surface area contributed by atoms with Gasteiger partial charge in [0.1, 0.15) is 6.04 Å². The second-order valence-corrected chi connectivity index (χ2v) is 4.98. The molecule has 0 saturated carbocycles. The van der Waals surface area contributed by atoms with E-state index in [0.29, 0.717) is 5.69 Å². The van der Waals surface area contributed by atoms with Crippen molar-refractivity contribution in [3.05, 3.63) is 24.5 Å². The molecule has 0 aliphatic rings. The predicted octanol–water partition coefficient (Wildman–Crippen LogP) is 1.70. The summed E-state index contributed by atoms with van der Waals surface area (Å²) in [5.74, 6) is -1.07. The number of amides is 2. The highest BCUT2D eigenvalue weighted by Gasteiger charge is 2.32. The van der Waals surface area contributed by atoms with E-state index in [2.05, 4.69) is 15.6 Å². The monoisotopic (exact) mass is 251 g/mol. The third kappa shape index (κ3) is 4.04. The smallest absolute Gasteiger partial charge is 0.326 e. The first-order chi connectivity index (χ1) is 8.30. The van der Waals surface area contributed by atoms with Crippen LogP contribution in [0.15, 0.2) is 24.5 Å². The molecule has 2 amide bonds. The largest absolute Gasteiger partial charge is 0.480 e. The van der Waals surface area contributed by atoms with Gasteiger partial charge in [0.2, 0.25) is 0 Å². The SMILES string of the molecule is CC(C)(C)[C@H](NC(=O)Nc1cccnc1)C(=O)O. The van der Waals surface area contributed by atoms with Crippen molar-refractivity contribution in [1.29, 1.82) is 0 Å². The van der Waals surface area contributed by atoms with Crippen LogP contribution < -0.4 is 10.6 Å². The van der Waals surface area contributed by atoms with Gasteiger partial charge in [-0.15, -0.1) is 0 Å². The maximum absolute atomic E-state index is 11.7. The Morgan fingerprint density at radius 2 is 2.06 bits per heavy atom. The van der Waals surface area contributed by atoms with Crippen molar-refractivity contribution in [1.82, 2.24) is 10.3 Å². The number of pyridine rings is 1. The lowest BCUT2D eigenvalue weighted by atomic mass is 9.87. The van der Waals surface area contributed by atoms with Gasteiger partial charge >= 0.3 is 12.0 Å². The number of anilines is 1. The molecule has 98 valence electrons. The number of rotatable bonds is 3. The number of urea groups is 1. The number of carbonyl (C=O) groups is 2. The van der Waals surface area contributed by atoms with Crippen molar-refractivity contribution < 1.29 is 14.7 Å². The molecular formula is C12H17N3O3. The molecule has 6 nitrogen and oxygen atoms in total. The number of aromatic nitrogens is 1. The first-order valence-electron chi connectivity index (χ1n) is 5.51. The molecule has 1 rings (SSSR count). The molecule has 0 unspecified atom stereocenters. The lowest BCUT2D eigenvalue weighted by Gasteiger charge is -2.27. The second-order valence-electron chi connectivity index (χ2n) is 4.98. The Morgan fingerprint density at radius 3 is 2.50 bits per heavy atom. The first-order valence-corrected chi connectivity index (χ1v) is 5.51. The van der Waals surface area contributed by atoms with Crippen LogP contribution in [0.4, 0.5) is 10.5 Å². The summed E-state index contributed by atoms with van der Waals surface area (Å²) in [4.78, 5) is 26.6. The average molecular weight is 251 g/mol. The summed E-state index contributed by atoms with van der Waals surface area (Å²) >= 11 is 0. The molecule has 0 radical (unpaired) electrons. The van der Waals surface area contributed by atoms with Gasteiger partial charge in [0.05, 0.1) is 11.9 Å². The standard InChI is InChI=1S/C12H17N3O3/c1-12(2,3)9(10(16)17)15-11(18)14-8-5-4-6-13-7-8/h4-7,9H,1-3H3,(H,16,17)(H2,14,15,18)/t9-/m1/s1. The molecule has 0 aromatic carbocycles. The summed E-state index contributed by atoms with van der Waals surface area (Å²) in [5.41, 5.74) is -0.0639. The van der Waals surface area contributed by atoms with Crippen LogP contribution in [0.25, 0.3) is 0 Å². The number of hydrogen-bond acceptors (Lipinski definition) is 3. The third-order valence-electron chi connectivity index (χ3n) is 2.31. The highest BCUT2D eigenvalue weighted by Crippen LogP contribution is 2.19. The Hall–Kier alpha value is -2.11. The minimum absolute atomic E-state index is 0.507. The summed E-state index contributed by atoms with van der Waals surface area (Å²) in [5, 5.41) is 14.0. The fourth-order valence-electron chi connectivity index (χ4n) is 1.38. The van der Waals surface area contributed by atoms with E-state index in [-0.39, 0.29) is 0 Å². The van der Waals surface area contributed by atoms with Crippen LogP contribution in [0, 0.1) is 5.41 Å². The van der Waals surface area contributed by atoms with E-state index < -0.39 is 23.5 Å². The van der Waals surface area contributed by atoms with Crippen molar-refractivity contribution in [3.63, 3.8) is 0 Å². The molecular weight excluding hydrogens is 234 g/mol. The van der Waals surface area contributed by atoms with Crippen molar-refractivity contribution >= 4 is 17.7 Å². The van der Waals surface area contributed by atoms with Gasteiger partial charge in [0, 0.05) is 6.20 Å². The Balaban J connectivity index is 2.66. The Labute approximate surface area is 105 Å². The van der Waals surface area contributed by atoms with Crippen LogP contribution in [-0.4, -0.2) is 28.1 Å². The molecule has 1 aromatic rings. The minimum atomic E-state index is -1.07. The van der Waals surface area contributed by atoms with Crippen LogP contribution in [0.3, 0.4) is 0 Å². The predicted molar refractivity (Wildman–Crippen MR) is 67.3 cm³/mol. The first kappa shape index (κ1) is 14.0. The molecule has 0 spiro atoms. The van der Waals surface area contributed by atoms with E-state index >= 15 is 0 Å². The molecule has 1 heterocycles. The highest BCUT2D eigenvalue weighted by atomic mass is 16.4. The fourth-order valence-corrected chi connectivity index (χ4v) is 1.38. The van der Waals surface area contributed by atoms with E-state index in [1.54, 1.807) is 39.1 Å². The zero-order valence-electron chi connectivity index (χ0n) is 10.6. The van der Waals surface area contributed by atoms with Gasteiger partial charge in [0.15, 0.2) is 0 Å². The van der Waals surface area contributed by atoms with Crippen molar-refractivity contribution in [2.75, 3.05) is 5.32 Å². The molecule has 0 fully saturated rings.